The number of pyridine rings is 1. The Morgan fingerprint density at radius 1 is 1.33 bits per heavy atom. The van der Waals surface area contributed by atoms with Crippen LogP contribution in [0.3, 0.4) is 0 Å². The Kier molecular flexibility index (Phi) is 3.97. The van der Waals surface area contributed by atoms with Gasteiger partial charge in [0.2, 0.25) is 0 Å². The van der Waals surface area contributed by atoms with E-state index in [2.05, 4.69) is 40.7 Å². The Balaban J connectivity index is 2.11. The number of thiophene rings is 1. The minimum atomic E-state index is -0.0265. The van der Waals surface area contributed by atoms with Crippen molar-refractivity contribution in [1.82, 2.24) is 20.1 Å². The van der Waals surface area contributed by atoms with Crippen molar-refractivity contribution >= 4 is 33.2 Å². The first-order chi connectivity index (χ1) is 10.1. The van der Waals surface area contributed by atoms with Crippen molar-refractivity contribution in [3.8, 4) is 0 Å². The first-order valence-corrected chi connectivity index (χ1v) is 8.11. The summed E-state index contributed by atoms with van der Waals surface area (Å²) in [7, 11) is 1.93. The van der Waals surface area contributed by atoms with Crippen LogP contribution in [0.4, 0.5) is 0 Å². The third-order valence-corrected chi connectivity index (χ3v) is 4.64. The molecule has 0 saturated heterocycles. The van der Waals surface area contributed by atoms with Gasteiger partial charge >= 0.3 is 0 Å². The number of nitrogens with zero attached hydrogens (tertiary/aromatic N) is 3. The Morgan fingerprint density at radius 3 is 2.86 bits per heavy atom. The van der Waals surface area contributed by atoms with E-state index in [1.165, 1.54) is 4.70 Å². The maximum absolute atomic E-state index is 6.37. The largest absolute Gasteiger partial charge is 0.308 e. The summed E-state index contributed by atoms with van der Waals surface area (Å²) in [6.07, 6.45) is 3.61. The second-order valence-electron chi connectivity index (χ2n) is 5.21. The van der Waals surface area contributed by atoms with Crippen molar-refractivity contribution < 1.29 is 0 Å². The highest BCUT2D eigenvalue weighted by Gasteiger charge is 2.22. The van der Waals surface area contributed by atoms with Crippen molar-refractivity contribution in [3.63, 3.8) is 0 Å². The smallest absolute Gasteiger partial charge is 0.0837 e. The summed E-state index contributed by atoms with van der Waals surface area (Å²) in [4.78, 5) is 4.52. The van der Waals surface area contributed by atoms with E-state index < -0.39 is 0 Å². The quantitative estimate of drug-likeness (QED) is 0.789. The molecule has 1 N–H and O–H groups in total. The predicted molar refractivity (Wildman–Crippen MR) is 88.1 cm³/mol. The predicted octanol–water partition coefficient (Wildman–Crippen LogP) is 4.04. The SMILES string of the molecule is CNC(c1cnc2ccsc2c1)c1c(Cl)cnn1C(C)C. The highest BCUT2D eigenvalue weighted by molar-refractivity contribution is 7.17. The minimum Gasteiger partial charge on any atom is -0.308 e. The summed E-state index contributed by atoms with van der Waals surface area (Å²) < 4.78 is 3.14. The first-order valence-electron chi connectivity index (χ1n) is 6.85. The lowest BCUT2D eigenvalue weighted by Crippen LogP contribution is -2.23. The molecular weight excluding hydrogens is 304 g/mol. The third kappa shape index (κ3) is 2.57. The highest BCUT2D eigenvalue weighted by Crippen LogP contribution is 2.31. The third-order valence-electron chi connectivity index (χ3n) is 3.50. The van der Waals surface area contributed by atoms with Crippen molar-refractivity contribution in [2.45, 2.75) is 25.9 Å². The van der Waals surface area contributed by atoms with Gasteiger partial charge in [-0.2, -0.15) is 5.10 Å². The Hall–Kier alpha value is -1.43. The van der Waals surface area contributed by atoms with Gasteiger partial charge in [-0.3, -0.25) is 9.67 Å². The molecule has 0 aromatic carbocycles. The van der Waals surface area contributed by atoms with Crippen LogP contribution in [0.2, 0.25) is 5.02 Å². The van der Waals surface area contributed by atoms with E-state index in [-0.39, 0.29) is 12.1 Å². The molecule has 3 heterocycles. The zero-order chi connectivity index (χ0) is 15.0. The molecule has 4 nitrogen and oxygen atoms in total. The second kappa shape index (κ2) is 5.75. The van der Waals surface area contributed by atoms with Crippen LogP contribution in [0, 0.1) is 0 Å². The first kappa shape index (κ1) is 14.5. The lowest BCUT2D eigenvalue weighted by molar-refractivity contribution is 0.484. The number of rotatable bonds is 4. The van der Waals surface area contributed by atoms with Crippen LogP contribution in [0.15, 0.2) is 29.9 Å². The average Bonchev–Trinajstić information content (AvgIpc) is 3.07. The molecule has 110 valence electrons. The lowest BCUT2D eigenvalue weighted by Gasteiger charge is -2.20. The lowest BCUT2D eigenvalue weighted by atomic mass is 10.1. The number of nitrogens with one attached hydrogen (secondary N) is 1. The molecular formula is C15H17ClN4S. The van der Waals surface area contributed by atoms with Crippen molar-refractivity contribution in [2.24, 2.45) is 0 Å². The Morgan fingerprint density at radius 2 is 2.14 bits per heavy atom. The van der Waals surface area contributed by atoms with Crippen LogP contribution < -0.4 is 5.32 Å². The summed E-state index contributed by atoms with van der Waals surface area (Å²) in [6, 6.07) is 4.43. The maximum Gasteiger partial charge on any atom is 0.0837 e. The monoisotopic (exact) mass is 320 g/mol. The standard InChI is InChI=1S/C15H17ClN4S/c1-9(2)20-15(11(16)8-19-20)14(17-3)10-6-13-12(18-7-10)4-5-21-13/h4-9,14,17H,1-3H3. The molecule has 0 fully saturated rings. The molecule has 0 aliphatic rings. The van der Waals surface area contributed by atoms with Crippen LogP contribution in [0.1, 0.15) is 37.2 Å². The number of hydrogen-bond donors (Lipinski definition) is 1. The zero-order valence-electron chi connectivity index (χ0n) is 12.2. The topological polar surface area (TPSA) is 42.7 Å². The number of hydrogen-bond acceptors (Lipinski definition) is 4. The summed E-state index contributed by atoms with van der Waals surface area (Å²) >= 11 is 8.06. The van der Waals surface area contributed by atoms with Gasteiger partial charge in [-0.1, -0.05) is 11.6 Å². The van der Waals surface area contributed by atoms with E-state index in [4.69, 9.17) is 11.6 Å². The van der Waals surface area contributed by atoms with Gasteiger partial charge in [0.1, 0.15) is 0 Å². The fourth-order valence-electron chi connectivity index (χ4n) is 2.51. The summed E-state index contributed by atoms with van der Waals surface area (Å²) in [5.74, 6) is 0. The Bertz CT molecular complexity index is 762. The van der Waals surface area contributed by atoms with E-state index in [9.17, 15) is 0 Å². The molecule has 1 atom stereocenters. The van der Waals surface area contributed by atoms with E-state index in [1.54, 1.807) is 17.5 Å². The second-order valence-corrected chi connectivity index (χ2v) is 6.57. The number of fused-ring (bicyclic) bond motifs is 1. The zero-order valence-corrected chi connectivity index (χ0v) is 13.7. The van der Waals surface area contributed by atoms with E-state index in [0.717, 1.165) is 16.8 Å². The van der Waals surface area contributed by atoms with Gasteiger partial charge in [0.15, 0.2) is 0 Å². The van der Waals surface area contributed by atoms with Crippen molar-refractivity contribution in [2.75, 3.05) is 7.05 Å². The van der Waals surface area contributed by atoms with Crippen LogP contribution in [0.5, 0.6) is 0 Å². The van der Waals surface area contributed by atoms with Gasteiger partial charge in [0.25, 0.3) is 0 Å². The normalized spacial score (nSPS) is 13.2. The Labute approximate surface area is 132 Å². The molecule has 0 bridgehead atoms. The molecule has 3 rings (SSSR count). The molecule has 0 radical (unpaired) electrons. The fraction of sp³-hybridized carbons (Fsp3) is 0.333. The van der Waals surface area contributed by atoms with Gasteiger partial charge in [0.05, 0.1) is 33.2 Å². The molecule has 0 saturated carbocycles. The molecule has 0 amide bonds. The number of aromatic nitrogens is 3. The average molecular weight is 321 g/mol. The molecule has 0 aliphatic heterocycles. The van der Waals surface area contributed by atoms with E-state index in [0.29, 0.717) is 5.02 Å². The molecule has 21 heavy (non-hydrogen) atoms. The highest BCUT2D eigenvalue weighted by atomic mass is 35.5. The molecule has 3 aromatic rings. The van der Waals surface area contributed by atoms with E-state index in [1.807, 2.05) is 24.0 Å². The maximum atomic E-state index is 6.37. The fourth-order valence-corrected chi connectivity index (χ4v) is 3.54. The molecule has 0 aliphatic carbocycles. The van der Waals surface area contributed by atoms with Gasteiger partial charge in [-0.25, -0.2) is 0 Å². The molecule has 1 unspecified atom stereocenters. The van der Waals surface area contributed by atoms with Crippen LogP contribution in [0.25, 0.3) is 10.2 Å². The van der Waals surface area contributed by atoms with Gasteiger partial charge in [-0.15, -0.1) is 11.3 Å². The summed E-state index contributed by atoms with van der Waals surface area (Å²) in [6.45, 7) is 4.19. The molecule has 0 spiro atoms. The van der Waals surface area contributed by atoms with Gasteiger partial charge in [-0.05, 0) is 44.0 Å². The molecule has 6 heteroatoms. The number of halogens is 1. The van der Waals surface area contributed by atoms with Crippen molar-refractivity contribution in [3.05, 3.63) is 46.2 Å². The van der Waals surface area contributed by atoms with Crippen molar-refractivity contribution in [1.29, 1.82) is 0 Å². The minimum absolute atomic E-state index is 0.0265. The summed E-state index contributed by atoms with van der Waals surface area (Å²) in [5.41, 5.74) is 3.10. The van der Waals surface area contributed by atoms with E-state index >= 15 is 0 Å². The van der Waals surface area contributed by atoms with Crippen LogP contribution in [-0.2, 0) is 0 Å². The van der Waals surface area contributed by atoms with Gasteiger partial charge < -0.3 is 5.32 Å². The molecule has 3 aromatic heterocycles. The van der Waals surface area contributed by atoms with Crippen LogP contribution >= 0.6 is 22.9 Å². The van der Waals surface area contributed by atoms with Crippen LogP contribution in [-0.4, -0.2) is 21.8 Å². The summed E-state index contributed by atoms with van der Waals surface area (Å²) in [5, 5.41) is 10.5. The van der Waals surface area contributed by atoms with Gasteiger partial charge in [0, 0.05) is 12.2 Å².